The van der Waals surface area contributed by atoms with Crippen molar-refractivity contribution in [3.63, 3.8) is 0 Å². The van der Waals surface area contributed by atoms with E-state index in [9.17, 15) is 9.18 Å². The lowest BCUT2D eigenvalue weighted by Crippen LogP contribution is -2.13. The highest BCUT2D eigenvalue weighted by Gasteiger charge is 2.11. The highest BCUT2D eigenvalue weighted by molar-refractivity contribution is 7.98. The molecule has 1 aromatic heterocycles. The summed E-state index contributed by atoms with van der Waals surface area (Å²) in [6, 6.07) is 11.7. The summed E-state index contributed by atoms with van der Waals surface area (Å²) < 4.78 is 13.5. The summed E-state index contributed by atoms with van der Waals surface area (Å²) in [6.07, 6.45) is 0. The van der Waals surface area contributed by atoms with Gasteiger partial charge in [0.15, 0.2) is 0 Å². The molecule has 6 heteroatoms. The number of pyridine rings is 1. The number of hydrogen-bond donors (Lipinski definition) is 3. The van der Waals surface area contributed by atoms with E-state index in [0.29, 0.717) is 27.2 Å². The molecule has 4 nitrogen and oxygen atoms in total. The summed E-state index contributed by atoms with van der Waals surface area (Å²) >= 11 is 1.39. The second-order valence-electron chi connectivity index (χ2n) is 4.87. The fourth-order valence-electron chi connectivity index (χ4n) is 2.23. The van der Waals surface area contributed by atoms with Crippen molar-refractivity contribution >= 4 is 33.9 Å². The predicted molar refractivity (Wildman–Crippen MR) is 89.4 cm³/mol. The zero-order chi connectivity index (χ0) is 15.7. The van der Waals surface area contributed by atoms with E-state index >= 15 is 0 Å². The van der Waals surface area contributed by atoms with Gasteiger partial charge in [-0.3, -0.25) is 4.79 Å². The van der Waals surface area contributed by atoms with Gasteiger partial charge >= 0.3 is 0 Å². The fraction of sp³-hybridized carbons (Fsp3) is 0.0625. The number of aromatic nitrogens is 1. The second kappa shape index (κ2) is 5.73. The molecule has 2 aromatic carbocycles. The molecule has 0 amide bonds. The lowest BCUT2D eigenvalue weighted by atomic mass is 10.1. The Hall–Kier alpha value is -2.47. The molecule has 22 heavy (non-hydrogen) atoms. The molecule has 0 spiro atoms. The number of nitrogens with one attached hydrogen (secondary N) is 1. The normalized spacial score (nSPS) is 11.0. The zero-order valence-corrected chi connectivity index (χ0v) is 12.4. The van der Waals surface area contributed by atoms with Crippen LogP contribution in [0.2, 0.25) is 0 Å². The van der Waals surface area contributed by atoms with Crippen LogP contribution in [-0.4, -0.2) is 4.98 Å². The van der Waals surface area contributed by atoms with Gasteiger partial charge in [0.1, 0.15) is 11.5 Å². The molecule has 112 valence electrons. The van der Waals surface area contributed by atoms with Crippen LogP contribution in [0.25, 0.3) is 10.8 Å². The number of aromatic amines is 1. The van der Waals surface area contributed by atoms with Crippen LogP contribution in [-0.2, 0) is 5.75 Å². The molecule has 3 aromatic rings. The van der Waals surface area contributed by atoms with Crippen LogP contribution in [0.1, 0.15) is 5.56 Å². The predicted octanol–water partition coefficient (Wildman–Crippen LogP) is 3.12. The Balaban J connectivity index is 2.04. The van der Waals surface area contributed by atoms with Gasteiger partial charge in [-0.1, -0.05) is 18.2 Å². The maximum atomic E-state index is 13.5. The number of anilines is 2. The van der Waals surface area contributed by atoms with E-state index in [4.69, 9.17) is 11.5 Å². The highest BCUT2D eigenvalue weighted by Crippen LogP contribution is 2.31. The minimum absolute atomic E-state index is 0.0959. The summed E-state index contributed by atoms with van der Waals surface area (Å²) in [5.41, 5.74) is 13.0. The monoisotopic (exact) mass is 315 g/mol. The van der Waals surface area contributed by atoms with E-state index < -0.39 is 0 Å². The molecule has 0 aliphatic rings. The van der Waals surface area contributed by atoms with Crippen molar-refractivity contribution < 1.29 is 4.39 Å². The first kappa shape index (κ1) is 14.5. The maximum absolute atomic E-state index is 13.5. The Bertz CT molecular complexity index is 908. The van der Waals surface area contributed by atoms with Crippen molar-refractivity contribution in [3.8, 4) is 0 Å². The number of H-pyrrole nitrogens is 1. The Morgan fingerprint density at radius 3 is 2.64 bits per heavy atom. The zero-order valence-electron chi connectivity index (χ0n) is 11.6. The lowest BCUT2D eigenvalue weighted by Gasteiger charge is -2.09. The van der Waals surface area contributed by atoms with Crippen LogP contribution in [0, 0.1) is 5.82 Å². The number of benzene rings is 2. The van der Waals surface area contributed by atoms with Crippen molar-refractivity contribution in [1.82, 2.24) is 4.98 Å². The molecular weight excluding hydrogens is 301 g/mol. The SMILES string of the molecule is Nc1ccccc1CSc1[nH]c(=O)c(N)c2ccc(F)cc12. The van der Waals surface area contributed by atoms with Crippen LogP contribution < -0.4 is 17.0 Å². The number of rotatable bonds is 3. The van der Waals surface area contributed by atoms with E-state index in [1.165, 1.54) is 30.0 Å². The van der Waals surface area contributed by atoms with Crippen molar-refractivity contribution in [2.45, 2.75) is 10.8 Å². The number of nitrogen functional groups attached to an aromatic ring is 2. The van der Waals surface area contributed by atoms with Crippen LogP contribution >= 0.6 is 11.8 Å². The molecule has 0 bridgehead atoms. The quantitative estimate of drug-likeness (QED) is 0.512. The smallest absolute Gasteiger partial charge is 0.272 e. The highest BCUT2D eigenvalue weighted by atomic mass is 32.2. The van der Waals surface area contributed by atoms with Crippen molar-refractivity contribution in [2.24, 2.45) is 0 Å². The van der Waals surface area contributed by atoms with Gasteiger partial charge in [-0.25, -0.2) is 4.39 Å². The van der Waals surface area contributed by atoms with E-state index in [1.54, 1.807) is 0 Å². The van der Waals surface area contributed by atoms with Gasteiger partial charge in [-0.2, -0.15) is 0 Å². The molecule has 0 radical (unpaired) electrons. The van der Waals surface area contributed by atoms with Crippen molar-refractivity contribution in [3.05, 3.63) is 64.2 Å². The first-order valence-corrected chi connectivity index (χ1v) is 7.62. The Labute approximate surface area is 130 Å². The molecule has 0 saturated carbocycles. The van der Waals surface area contributed by atoms with E-state index in [-0.39, 0.29) is 17.1 Å². The van der Waals surface area contributed by atoms with Gasteiger partial charge in [-0.15, -0.1) is 11.8 Å². The van der Waals surface area contributed by atoms with Crippen LogP contribution in [0.15, 0.2) is 52.3 Å². The third-order valence-electron chi connectivity index (χ3n) is 3.42. The molecule has 0 unspecified atom stereocenters. The fourth-order valence-corrected chi connectivity index (χ4v) is 3.28. The average molecular weight is 315 g/mol. The molecule has 0 saturated heterocycles. The van der Waals surface area contributed by atoms with E-state index in [2.05, 4.69) is 4.98 Å². The summed E-state index contributed by atoms with van der Waals surface area (Å²) in [4.78, 5) is 14.6. The van der Waals surface area contributed by atoms with Gasteiger partial charge in [0.25, 0.3) is 5.56 Å². The van der Waals surface area contributed by atoms with Crippen molar-refractivity contribution in [2.75, 3.05) is 11.5 Å². The van der Waals surface area contributed by atoms with Gasteiger partial charge in [0.05, 0.1) is 5.03 Å². The third-order valence-corrected chi connectivity index (χ3v) is 4.48. The number of fused-ring (bicyclic) bond motifs is 1. The number of para-hydroxylation sites is 1. The molecular formula is C16H14FN3OS. The van der Waals surface area contributed by atoms with E-state index in [1.807, 2.05) is 24.3 Å². The van der Waals surface area contributed by atoms with Crippen molar-refractivity contribution in [1.29, 1.82) is 0 Å². The largest absolute Gasteiger partial charge is 0.398 e. The number of halogens is 1. The van der Waals surface area contributed by atoms with E-state index in [0.717, 1.165) is 5.56 Å². The van der Waals surface area contributed by atoms with Crippen LogP contribution in [0.3, 0.4) is 0 Å². The first-order valence-electron chi connectivity index (χ1n) is 6.63. The average Bonchev–Trinajstić information content (AvgIpc) is 2.51. The molecule has 0 aliphatic heterocycles. The Kier molecular flexibility index (Phi) is 3.77. The van der Waals surface area contributed by atoms with Crippen LogP contribution in [0.4, 0.5) is 15.8 Å². The summed E-state index contributed by atoms with van der Waals surface area (Å²) in [5, 5.41) is 1.72. The molecule has 0 fully saturated rings. The number of thioether (sulfide) groups is 1. The lowest BCUT2D eigenvalue weighted by molar-refractivity contribution is 0.629. The molecule has 3 rings (SSSR count). The summed E-state index contributed by atoms with van der Waals surface area (Å²) in [6.45, 7) is 0. The Morgan fingerprint density at radius 1 is 1.09 bits per heavy atom. The van der Waals surface area contributed by atoms with Gasteiger partial charge < -0.3 is 16.5 Å². The Morgan fingerprint density at radius 2 is 1.86 bits per heavy atom. The molecule has 1 heterocycles. The summed E-state index contributed by atoms with van der Waals surface area (Å²) in [5.74, 6) is 0.193. The van der Waals surface area contributed by atoms with Gasteiger partial charge in [0, 0.05) is 22.2 Å². The van der Waals surface area contributed by atoms with Gasteiger partial charge in [0.2, 0.25) is 0 Å². The molecule has 0 atom stereocenters. The second-order valence-corrected chi connectivity index (χ2v) is 5.86. The van der Waals surface area contributed by atoms with Gasteiger partial charge in [-0.05, 0) is 29.8 Å². The molecule has 0 aliphatic carbocycles. The topological polar surface area (TPSA) is 84.9 Å². The third kappa shape index (κ3) is 2.65. The standard InChI is InChI=1S/C16H14FN3OS/c17-10-5-6-11-12(7-10)16(20-15(21)14(11)19)22-8-9-3-1-2-4-13(9)18/h1-7H,8,18-19H2,(H,20,21). The van der Waals surface area contributed by atoms with Crippen LogP contribution in [0.5, 0.6) is 0 Å². The first-order chi connectivity index (χ1) is 10.6. The maximum Gasteiger partial charge on any atom is 0.272 e. The summed E-state index contributed by atoms with van der Waals surface area (Å²) in [7, 11) is 0. The molecule has 5 N–H and O–H groups in total. The minimum Gasteiger partial charge on any atom is -0.398 e. The number of hydrogen-bond acceptors (Lipinski definition) is 4. The minimum atomic E-state index is -0.375. The number of nitrogens with two attached hydrogens (primary N) is 2.